The van der Waals surface area contributed by atoms with Gasteiger partial charge < -0.3 is 0 Å². The second-order valence-electron chi connectivity index (χ2n) is 5.51. The number of halogens is 2. The highest BCUT2D eigenvalue weighted by Gasteiger charge is 2.27. The van der Waals surface area contributed by atoms with Gasteiger partial charge in [-0.2, -0.15) is 0 Å². The van der Waals surface area contributed by atoms with Crippen LogP contribution in [0.3, 0.4) is 0 Å². The lowest BCUT2D eigenvalue weighted by Crippen LogP contribution is -2.18. The third kappa shape index (κ3) is 2.73. The Hall–Kier alpha value is -2.03. The van der Waals surface area contributed by atoms with Crippen molar-refractivity contribution in [2.24, 2.45) is 5.92 Å². The van der Waals surface area contributed by atoms with Gasteiger partial charge in [0.2, 0.25) is 0 Å². The van der Waals surface area contributed by atoms with Gasteiger partial charge in [0.15, 0.2) is 5.78 Å². The van der Waals surface area contributed by atoms with Gasteiger partial charge in [-0.3, -0.25) is 4.79 Å². The molecule has 1 nitrogen and oxygen atoms in total. The number of carbonyl (C=O) groups is 1. The fourth-order valence-corrected chi connectivity index (χ4v) is 3.04. The fourth-order valence-electron chi connectivity index (χ4n) is 3.04. The largest absolute Gasteiger partial charge is 0.294 e. The van der Waals surface area contributed by atoms with Gasteiger partial charge in [-0.05, 0) is 43.4 Å². The monoisotopic (exact) mass is 286 g/mol. The first-order valence-electron chi connectivity index (χ1n) is 7.22. The molecule has 0 N–H and O–H groups in total. The van der Waals surface area contributed by atoms with Crippen LogP contribution in [0.1, 0.15) is 34.3 Å². The molecule has 21 heavy (non-hydrogen) atoms. The number of benzene rings is 2. The third-order valence-corrected chi connectivity index (χ3v) is 4.16. The average molecular weight is 286 g/mol. The summed E-state index contributed by atoms with van der Waals surface area (Å²) in [6.45, 7) is 0. The molecule has 108 valence electrons. The summed E-state index contributed by atoms with van der Waals surface area (Å²) < 4.78 is 27.6. The van der Waals surface area contributed by atoms with Gasteiger partial charge in [0.05, 0.1) is 0 Å². The van der Waals surface area contributed by atoms with Crippen LogP contribution in [0, 0.1) is 17.6 Å². The number of fused-ring (bicyclic) bond motifs is 1. The van der Waals surface area contributed by atoms with Crippen LogP contribution in [0.15, 0.2) is 42.5 Å². The molecule has 3 rings (SSSR count). The van der Waals surface area contributed by atoms with Gasteiger partial charge in [-0.1, -0.05) is 30.3 Å². The molecule has 0 saturated heterocycles. The van der Waals surface area contributed by atoms with E-state index >= 15 is 0 Å². The molecule has 0 saturated carbocycles. The maximum atomic E-state index is 13.8. The summed E-state index contributed by atoms with van der Waals surface area (Å²) in [7, 11) is 0. The molecular weight excluding hydrogens is 270 g/mol. The van der Waals surface area contributed by atoms with Crippen LogP contribution in [0.25, 0.3) is 0 Å². The number of rotatable bonds is 2. The highest BCUT2D eigenvalue weighted by molar-refractivity contribution is 5.99. The Morgan fingerprint density at radius 1 is 1.00 bits per heavy atom. The molecule has 1 aliphatic carbocycles. The minimum Gasteiger partial charge on any atom is -0.294 e. The zero-order chi connectivity index (χ0) is 14.8. The van der Waals surface area contributed by atoms with Crippen LogP contribution in [-0.2, 0) is 12.8 Å². The Labute approximate surface area is 122 Å². The van der Waals surface area contributed by atoms with Crippen LogP contribution < -0.4 is 0 Å². The predicted molar refractivity (Wildman–Crippen MR) is 77.3 cm³/mol. The summed E-state index contributed by atoms with van der Waals surface area (Å²) in [6, 6.07) is 11.4. The van der Waals surface area contributed by atoms with E-state index < -0.39 is 11.6 Å². The van der Waals surface area contributed by atoms with E-state index in [0.717, 1.165) is 18.4 Å². The predicted octanol–water partition coefficient (Wildman–Crippen LogP) is 4.34. The number of hydrogen-bond donors (Lipinski definition) is 0. The Morgan fingerprint density at radius 3 is 2.48 bits per heavy atom. The minimum atomic E-state index is -0.569. The molecule has 0 bridgehead atoms. The number of carbonyl (C=O) groups excluding carboxylic acids is 1. The molecule has 2 aromatic rings. The number of Topliss-reactive ketones (excluding diaryl/α,β-unsaturated/α-hetero) is 1. The lowest BCUT2D eigenvalue weighted by molar-refractivity contribution is 0.0914. The van der Waals surface area contributed by atoms with Crippen molar-refractivity contribution in [1.82, 2.24) is 0 Å². The zero-order valence-corrected chi connectivity index (χ0v) is 11.6. The SMILES string of the molecule is O=C1c2ccccc2CCCC1Cc1c(F)cccc1F. The van der Waals surface area contributed by atoms with Crippen molar-refractivity contribution in [3.63, 3.8) is 0 Å². The number of hydrogen-bond acceptors (Lipinski definition) is 1. The molecule has 2 aromatic carbocycles. The lowest BCUT2D eigenvalue weighted by atomic mass is 9.89. The quantitative estimate of drug-likeness (QED) is 0.750. The number of aryl methyl sites for hydroxylation is 1. The third-order valence-electron chi connectivity index (χ3n) is 4.16. The van der Waals surface area contributed by atoms with Crippen molar-refractivity contribution < 1.29 is 13.6 Å². The molecule has 1 aliphatic rings. The van der Waals surface area contributed by atoms with E-state index in [0.29, 0.717) is 12.0 Å². The maximum Gasteiger partial charge on any atom is 0.166 e. The number of ketones is 1. The van der Waals surface area contributed by atoms with Gasteiger partial charge in [0, 0.05) is 17.0 Å². The Kier molecular flexibility index (Phi) is 3.82. The van der Waals surface area contributed by atoms with Crippen LogP contribution in [-0.4, -0.2) is 5.78 Å². The van der Waals surface area contributed by atoms with E-state index in [9.17, 15) is 13.6 Å². The summed E-state index contributed by atoms with van der Waals surface area (Å²) >= 11 is 0. The summed E-state index contributed by atoms with van der Waals surface area (Å²) in [5, 5.41) is 0. The second-order valence-corrected chi connectivity index (χ2v) is 5.51. The van der Waals surface area contributed by atoms with E-state index in [1.165, 1.54) is 18.2 Å². The first-order valence-corrected chi connectivity index (χ1v) is 7.22. The molecule has 0 aliphatic heterocycles. The van der Waals surface area contributed by atoms with Crippen molar-refractivity contribution >= 4 is 5.78 Å². The van der Waals surface area contributed by atoms with Crippen LogP contribution in [0.5, 0.6) is 0 Å². The molecule has 0 amide bonds. The second kappa shape index (κ2) is 5.76. The fraction of sp³-hybridized carbons (Fsp3) is 0.278. The average Bonchev–Trinajstić information content (AvgIpc) is 2.63. The smallest absolute Gasteiger partial charge is 0.166 e. The molecular formula is C18H16F2O. The van der Waals surface area contributed by atoms with E-state index in [4.69, 9.17) is 0 Å². The van der Waals surface area contributed by atoms with Gasteiger partial charge in [-0.15, -0.1) is 0 Å². The highest BCUT2D eigenvalue weighted by atomic mass is 19.1. The molecule has 0 fully saturated rings. The molecule has 3 heteroatoms. The van der Waals surface area contributed by atoms with Gasteiger partial charge in [0.1, 0.15) is 11.6 Å². The summed E-state index contributed by atoms with van der Waals surface area (Å²) in [4.78, 5) is 12.6. The molecule has 0 aromatic heterocycles. The molecule has 0 heterocycles. The maximum absolute atomic E-state index is 13.8. The zero-order valence-electron chi connectivity index (χ0n) is 11.6. The van der Waals surface area contributed by atoms with Crippen molar-refractivity contribution in [1.29, 1.82) is 0 Å². The van der Waals surface area contributed by atoms with Gasteiger partial charge in [-0.25, -0.2) is 8.78 Å². The van der Waals surface area contributed by atoms with Crippen LogP contribution in [0.4, 0.5) is 8.78 Å². The van der Waals surface area contributed by atoms with Gasteiger partial charge in [0.25, 0.3) is 0 Å². The van der Waals surface area contributed by atoms with E-state index in [1.54, 1.807) is 0 Å². The standard InChI is InChI=1S/C18H16F2O/c19-16-9-4-10-17(20)15(16)11-13-7-3-6-12-5-1-2-8-14(12)18(13)21/h1-2,4-5,8-10,13H,3,6-7,11H2. The topological polar surface area (TPSA) is 17.1 Å². The van der Waals surface area contributed by atoms with E-state index in [2.05, 4.69) is 0 Å². The Bertz CT molecular complexity index is 658. The molecule has 0 spiro atoms. The van der Waals surface area contributed by atoms with Crippen molar-refractivity contribution in [3.05, 3.63) is 70.8 Å². The Balaban J connectivity index is 1.92. The molecule has 1 unspecified atom stereocenters. The van der Waals surface area contributed by atoms with Crippen molar-refractivity contribution in [2.45, 2.75) is 25.7 Å². The Morgan fingerprint density at radius 2 is 1.71 bits per heavy atom. The summed E-state index contributed by atoms with van der Waals surface area (Å²) in [5.74, 6) is -1.48. The van der Waals surface area contributed by atoms with Crippen LogP contribution >= 0.6 is 0 Å². The lowest BCUT2D eigenvalue weighted by Gasteiger charge is -2.14. The first kappa shape index (κ1) is 13.9. The molecule has 1 atom stereocenters. The summed E-state index contributed by atoms with van der Waals surface area (Å²) in [6.07, 6.45) is 2.51. The van der Waals surface area contributed by atoms with Gasteiger partial charge >= 0.3 is 0 Å². The normalized spacial score (nSPS) is 18.2. The minimum absolute atomic E-state index is 0.00533. The molecule has 0 radical (unpaired) electrons. The van der Waals surface area contributed by atoms with Crippen molar-refractivity contribution in [3.8, 4) is 0 Å². The first-order chi connectivity index (χ1) is 10.2. The van der Waals surface area contributed by atoms with Crippen LogP contribution in [0.2, 0.25) is 0 Å². The van der Waals surface area contributed by atoms with E-state index in [1.807, 2.05) is 24.3 Å². The highest BCUT2D eigenvalue weighted by Crippen LogP contribution is 2.28. The summed E-state index contributed by atoms with van der Waals surface area (Å²) in [5.41, 5.74) is 1.77. The van der Waals surface area contributed by atoms with E-state index in [-0.39, 0.29) is 23.7 Å². The van der Waals surface area contributed by atoms with Crippen molar-refractivity contribution in [2.75, 3.05) is 0 Å².